The Balaban J connectivity index is 2.20. The summed E-state index contributed by atoms with van der Waals surface area (Å²) in [6.07, 6.45) is 0.465. The van der Waals surface area contributed by atoms with Crippen molar-refractivity contribution in [3.8, 4) is 0 Å². The van der Waals surface area contributed by atoms with E-state index in [-0.39, 0.29) is 16.5 Å². The lowest BCUT2D eigenvalue weighted by atomic mass is 10.1. The summed E-state index contributed by atoms with van der Waals surface area (Å²) in [6.45, 7) is 0.201. The van der Waals surface area contributed by atoms with Crippen LogP contribution in [-0.4, -0.2) is 28.2 Å². The molecule has 0 aromatic heterocycles. The number of nitrogens with one attached hydrogen (secondary N) is 1. The molecule has 0 heterocycles. The molecule has 124 valence electrons. The molecule has 2 aromatic rings. The number of ether oxygens (including phenoxy) is 1. The summed E-state index contributed by atoms with van der Waals surface area (Å²) in [5.74, 6) is -0.591. The van der Waals surface area contributed by atoms with E-state index in [1.54, 1.807) is 0 Å². The van der Waals surface area contributed by atoms with E-state index in [0.29, 0.717) is 6.42 Å². The summed E-state index contributed by atoms with van der Waals surface area (Å²) in [5.41, 5.74) is 0.974. The molecule has 0 aliphatic carbocycles. The van der Waals surface area contributed by atoms with Crippen molar-refractivity contribution >= 4 is 21.6 Å². The van der Waals surface area contributed by atoms with Crippen LogP contribution < -0.4 is 4.72 Å². The Kier molecular flexibility index (Phi) is 6.12. The summed E-state index contributed by atoms with van der Waals surface area (Å²) in [7, 11) is -2.38. The summed E-state index contributed by atoms with van der Waals surface area (Å²) < 4.78 is 45.7. The van der Waals surface area contributed by atoms with Crippen molar-refractivity contribution in [3.05, 3.63) is 64.9 Å². The van der Waals surface area contributed by atoms with Gasteiger partial charge in [0.15, 0.2) is 0 Å². The number of benzene rings is 2. The lowest BCUT2D eigenvalue weighted by molar-refractivity contribution is 0.174. The predicted molar refractivity (Wildman–Crippen MR) is 87.5 cm³/mol. The van der Waals surface area contributed by atoms with Crippen LogP contribution in [0, 0.1) is 5.82 Å². The van der Waals surface area contributed by atoms with E-state index in [9.17, 15) is 12.8 Å². The molecule has 0 fully saturated rings. The second kappa shape index (κ2) is 7.88. The second-order valence-electron chi connectivity index (χ2n) is 5.04. The van der Waals surface area contributed by atoms with Crippen molar-refractivity contribution in [1.29, 1.82) is 0 Å². The number of hydrogen-bond acceptors (Lipinski definition) is 3. The standard InChI is InChI=1S/C16H17ClFNO3S/c1-22-11-14(9-12-5-3-2-4-6-12)19-23(20,21)16-8-7-13(18)10-15(16)17/h2-8,10,14,19H,9,11H2,1H3. The molecular formula is C16H17ClFNO3S. The summed E-state index contributed by atoms with van der Waals surface area (Å²) in [4.78, 5) is -0.158. The van der Waals surface area contributed by atoms with Crippen LogP contribution in [-0.2, 0) is 21.2 Å². The Bertz CT molecular complexity index is 753. The molecule has 0 saturated carbocycles. The number of rotatable bonds is 7. The fourth-order valence-corrected chi connectivity index (χ4v) is 3.96. The molecule has 0 aliphatic heterocycles. The first-order valence-electron chi connectivity index (χ1n) is 6.92. The molecule has 0 bridgehead atoms. The van der Waals surface area contributed by atoms with Gasteiger partial charge in [0.2, 0.25) is 10.0 Å². The number of sulfonamides is 1. The zero-order valence-electron chi connectivity index (χ0n) is 12.5. The van der Waals surface area contributed by atoms with Gasteiger partial charge in [0, 0.05) is 13.2 Å². The SMILES string of the molecule is COCC(Cc1ccccc1)NS(=O)(=O)c1ccc(F)cc1Cl. The summed E-state index contributed by atoms with van der Waals surface area (Å²) in [6, 6.07) is 12.2. The Hall–Kier alpha value is -1.47. The molecule has 0 radical (unpaired) electrons. The zero-order valence-corrected chi connectivity index (χ0v) is 14.1. The van der Waals surface area contributed by atoms with Gasteiger partial charge < -0.3 is 4.74 Å². The van der Waals surface area contributed by atoms with E-state index < -0.39 is 21.9 Å². The van der Waals surface area contributed by atoms with E-state index in [4.69, 9.17) is 16.3 Å². The highest BCUT2D eigenvalue weighted by molar-refractivity contribution is 7.89. The highest BCUT2D eigenvalue weighted by Gasteiger charge is 2.23. The highest BCUT2D eigenvalue weighted by atomic mass is 35.5. The van der Waals surface area contributed by atoms with Crippen LogP contribution in [0.25, 0.3) is 0 Å². The monoisotopic (exact) mass is 357 g/mol. The molecule has 0 aliphatic rings. The molecule has 7 heteroatoms. The van der Waals surface area contributed by atoms with Crippen molar-refractivity contribution in [2.45, 2.75) is 17.4 Å². The Morgan fingerprint density at radius 1 is 1.22 bits per heavy atom. The molecular weight excluding hydrogens is 341 g/mol. The maximum absolute atomic E-state index is 13.1. The third kappa shape index (κ3) is 5.00. The summed E-state index contributed by atoms with van der Waals surface area (Å²) in [5, 5.41) is -0.159. The maximum atomic E-state index is 13.1. The lowest BCUT2D eigenvalue weighted by Crippen LogP contribution is -2.39. The van der Waals surface area contributed by atoms with Crippen molar-refractivity contribution in [1.82, 2.24) is 4.72 Å². The highest BCUT2D eigenvalue weighted by Crippen LogP contribution is 2.22. The van der Waals surface area contributed by atoms with Gasteiger partial charge in [0.05, 0.1) is 11.6 Å². The van der Waals surface area contributed by atoms with Gasteiger partial charge in [-0.15, -0.1) is 0 Å². The van der Waals surface area contributed by atoms with Crippen LogP contribution in [0.5, 0.6) is 0 Å². The van der Waals surface area contributed by atoms with Crippen LogP contribution in [0.15, 0.2) is 53.4 Å². The number of halogens is 2. The van der Waals surface area contributed by atoms with Crippen LogP contribution >= 0.6 is 11.6 Å². The predicted octanol–water partition coefficient (Wildman–Crippen LogP) is 3.02. The largest absolute Gasteiger partial charge is 0.383 e. The van der Waals surface area contributed by atoms with Crippen molar-refractivity contribution < 1.29 is 17.5 Å². The number of methoxy groups -OCH3 is 1. The fourth-order valence-electron chi connectivity index (χ4n) is 2.21. The minimum absolute atomic E-state index is 0.158. The molecule has 1 N–H and O–H groups in total. The van der Waals surface area contributed by atoms with Crippen molar-refractivity contribution in [3.63, 3.8) is 0 Å². The Morgan fingerprint density at radius 3 is 2.52 bits per heavy atom. The summed E-state index contributed by atoms with van der Waals surface area (Å²) >= 11 is 5.84. The van der Waals surface area contributed by atoms with Gasteiger partial charge in [-0.25, -0.2) is 17.5 Å². The quantitative estimate of drug-likeness (QED) is 0.828. The van der Waals surface area contributed by atoms with Crippen LogP contribution in [0.4, 0.5) is 4.39 Å². The van der Waals surface area contributed by atoms with Crippen LogP contribution in [0.1, 0.15) is 5.56 Å². The zero-order chi connectivity index (χ0) is 16.9. The third-order valence-electron chi connectivity index (χ3n) is 3.20. The van der Waals surface area contributed by atoms with Gasteiger partial charge in [0.25, 0.3) is 0 Å². The smallest absolute Gasteiger partial charge is 0.242 e. The minimum Gasteiger partial charge on any atom is -0.383 e. The van der Waals surface area contributed by atoms with Gasteiger partial charge in [-0.1, -0.05) is 41.9 Å². The first kappa shape index (κ1) is 17.9. The van der Waals surface area contributed by atoms with E-state index in [1.165, 1.54) is 7.11 Å². The van der Waals surface area contributed by atoms with Crippen molar-refractivity contribution in [2.75, 3.05) is 13.7 Å². The molecule has 0 saturated heterocycles. The Labute approximate surface area is 140 Å². The first-order valence-corrected chi connectivity index (χ1v) is 8.79. The maximum Gasteiger partial charge on any atom is 0.242 e. The van der Waals surface area contributed by atoms with Gasteiger partial charge in [0.1, 0.15) is 10.7 Å². The average Bonchev–Trinajstić information content (AvgIpc) is 2.47. The molecule has 0 spiro atoms. The van der Waals surface area contributed by atoms with Gasteiger partial charge in [-0.05, 0) is 30.2 Å². The van der Waals surface area contributed by atoms with E-state index in [1.807, 2.05) is 30.3 Å². The van der Waals surface area contributed by atoms with Gasteiger partial charge in [-0.2, -0.15) is 0 Å². The van der Waals surface area contributed by atoms with Gasteiger partial charge in [-0.3, -0.25) is 0 Å². The lowest BCUT2D eigenvalue weighted by Gasteiger charge is -2.18. The topological polar surface area (TPSA) is 55.4 Å². The van der Waals surface area contributed by atoms with Crippen molar-refractivity contribution in [2.24, 2.45) is 0 Å². The average molecular weight is 358 g/mol. The van der Waals surface area contributed by atoms with Crippen LogP contribution in [0.2, 0.25) is 5.02 Å². The molecule has 2 aromatic carbocycles. The van der Waals surface area contributed by atoms with E-state index in [2.05, 4.69) is 4.72 Å². The molecule has 23 heavy (non-hydrogen) atoms. The van der Waals surface area contributed by atoms with Gasteiger partial charge >= 0.3 is 0 Å². The Morgan fingerprint density at radius 2 is 1.91 bits per heavy atom. The second-order valence-corrected chi connectivity index (χ2v) is 7.13. The molecule has 1 unspecified atom stereocenters. The minimum atomic E-state index is -3.88. The van der Waals surface area contributed by atoms with E-state index in [0.717, 1.165) is 23.8 Å². The molecule has 4 nitrogen and oxygen atoms in total. The molecule has 2 rings (SSSR count). The third-order valence-corrected chi connectivity index (χ3v) is 5.20. The fraction of sp³-hybridized carbons (Fsp3) is 0.250. The first-order chi connectivity index (χ1) is 10.9. The molecule has 1 atom stereocenters. The van der Waals surface area contributed by atoms with Crippen LogP contribution in [0.3, 0.4) is 0 Å². The normalized spacial score (nSPS) is 13.0. The molecule has 0 amide bonds. The van der Waals surface area contributed by atoms with E-state index >= 15 is 0 Å². The number of hydrogen-bond donors (Lipinski definition) is 1.